The predicted octanol–water partition coefficient (Wildman–Crippen LogP) is 4.81. The molecular formula is C21H15BrF5N9. The van der Waals surface area contributed by atoms with E-state index in [4.69, 9.17) is 11.6 Å². The molecule has 0 radical (unpaired) electrons. The highest BCUT2D eigenvalue weighted by atomic mass is 79.9. The van der Waals surface area contributed by atoms with E-state index >= 15 is 0 Å². The SMILES string of the molecule is CC(C(C=Nc1ccc(F)cc1F)=NN)n1c(Br)c(-c2cnc(C(F)(F)F)nc2)c2c(N)ncnc21. The first-order chi connectivity index (χ1) is 17.0. The van der Waals surface area contributed by atoms with Crippen molar-refractivity contribution < 1.29 is 22.0 Å². The lowest BCUT2D eigenvalue weighted by Gasteiger charge is -2.16. The second-order valence-electron chi connectivity index (χ2n) is 7.37. The van der Waals surface area contributed by atoms with Crippen molar-refractivity contribution in [1.29, 1.82) is 0 Å². The number of aliphatic imine (C=N–C) groups is 1. The van der Waals surface area contributed by atoms with Crippen LogP contribution in [0.2, 0.25) is 0 Å². The van der Waals surface area contributed by atoms with Crippen molar-refractivity contribution in [3.63, 3.8) is 0 Å². The van der Waals surface area contributed by atoms with Crippen molar-refractivity contribution in [3.05, 3.63) is 59.0 Å². The van der Waals surface area contributed by atoms with Crippen LogP contribution in [0.15, 0.2) is 51.6 Å². The molecule has 0 aliphatic carbocycles. The summed E-state index contributed by atoms with van der Waals surface area (Å²) < 4.78 is 67.9. The number of nitrogens with zero attached hydrogens (tertiary/aromatic N) is 7. The topological polar surface area (TPSA) is 133 Å². The molecule has 0 aliphatic rings. The fourth-order valence-electron chi connectivity index (χ4n) is 3.45. The van der Waals surface area contributed by atoms with Gasteiger partial charge in [-0.05, 0) is 35.0 Å². The van der Waals surface area contributed by atoms with Crippen LogP contribution >= 0.6 is 15.9 Å². The molecule has 186 valence electrons. The highest BCUT2D eigenvalue weighted by Gasteiger charge is 2.34. The normalized spacial score (nSPS) is 13.6. The molecule has 0 spiro atoms. The van der Waals surface area contributed by atoms with Gasteiger partial charge in [-0.3, -0.25) is 4.99 Å². The Kier molecular flexibility index (Phi) is 6.67. The zero-order chi connectivity index (χ0) is 26.2. The molecule has 3 aromatic heterocycles. The maximum Gasteiger partial charge on any atom is 0.451 e. The number of halogens is 6. The summed E-state index contributed by atoms with van der Waals surface area (Å²) in [4.78, 5) is 19.1. The van der Waals surface area contributed by atoms with E-state index in [2.05, 4.69) is 46.0 Å². The van der Waals surface area contributed by atoms with Crippen LogP contribution in [0.1, 0.15) is 18.8 Å². The van der Waals surface area contributed by atoms with Gasteiger partial charge in [0.2, 0.25) is 5.82 Å². The first kappa shape index (κ1) is 25.1. The van der Waals surface area contributed by atoms with Crippen LogP contribution in [0.4, 0.5) is 33.5 Å². The zero-order valence-corrected chi connectivity index (χ0v) is 19.8. The van der Waals surface area contributed by atoms with E-state index in [1.807, 2.05) is 0 Å². The van der Waals surface area contributed by atoms with Gasteiger partial charge in [0.15, 0.2) is 5.82 Å². The lowest BCUT2D eigenvalue weighted by atomic mass is 10.1. The number of hydrazone groups is 1. The third-order valence-electron chi connectivity index (χ3n) is 5.16. The van der Waals surface area contributed by atoms with E-state index in [0.29, 0.717) is 27.3 Å². The van der Waals surface area contributed by atoms with E-state index in [-0.39, 0.29) is 22.8 Å². The second kappa shape index (κ2) is 9.56. The number of rotatable bonds is 5. The number of hydrogen-bond donors (Lipinski definition) is 2. The summed E-state index contributed by atoms with van der Waals surface area (Å²) in [6.45, 7) is 1.67. The van der Waals surface area contributed by atoms with Gasteiger partial charge in [0.1, 0.15) is 29.3 Å². The first-order valence-electron chi connectivity index (χ1n) is 9.99. The van der Waals surface area contributed by atoms with E-state index in [0.717, 1.165) is 24.5 Å². The molecule has 1 atom stereocenters. The standard InChI is InChI=1S/C21H15BrF5N9/c1-9(14(35-29)7-30-13-3-2-11(23)4-12(13)24)36-17(22)15(16-18(28)33-8-34-19(16)36)10-5-31-20(32-6-10)21(25,26)27/h2-9H,29H2,1H3,(H2,28,33,34). The van der Waals surface area contributed by atoms with Gasteiger partial charge in [0.25, 0.3) is 0 Å². The van der Waals surface area contributed by atoms with Crippen LogP contribution < -0.4 is 11.6 Å². The summed E-state index contributed by atoms with van der Waals surface area (Å²) in [7, 11) is 0. The van der Waals surface area contributed by atoms with E-state index < -0.39 is 29.7 Å². The predicted molar refractivity (Wildman–Crippen MR) is 127 cm³/mol. The largest absolute Gasteiger partial charge is 0.451 e. The fourth-order valence-corrected chi connectivity index (χ4v) is 4.35. The minimum atomic E-state index is -4.71. The quantitative estimate of drug-likeness (QED) is 0.154. The van der Waals surface area contributed by atoms with Crippen molar-refractivity contribution >= 4 is 50.4 Å². The second-order valence-corrected chi connectivity index (χ2v) is 8.12. The molecule has 0 fully saturated rings. The molecule has 15 heteroatoms. The van der Waals surface area contributed by atoms with Gasteiger partial charge in [0.05, 0.1) is 27.9 Å². The third kappa shape index (κ3) is 4.60. The number of nitrogen functional groups attached to an aromatic ring is 1. The Morgan fingerprint density at radius 2 is 1.83 bits per heavy atom. The van der Waals surface area contributed by atoms with Gasteiger partial charge >= 0.3 is 6.18 Å². The Morgan fingerprint density at radius 1 is 1.14 bits per heavy atom. The average molecular weight is 568 g/mol. The van der Waals surface area contributed by atoms with Gasteiger partial charge in [-0.2, -0.15) is 18.3 Å². The average Bonchev–Trinajstić information content (AvgIpc) is 3.13. The van der Waals surface area contributed by atoms with Crippen LogP contribution in [0.25, 0.3) is 22.2 Å². The minimum absolute atomic E-state index is 0.0508. The van der Waals surface area contributed by atoms with E-state index in [1.54, 1.807) is 11.5 Å². The Hall–Kier alpha value is -4.01. The lowest BCUT2D eigenvalue weighted by Crippen LogP contribution is -2.20. The van der Waals surface area contributed by atoms with Gasteiger partial charge in [-0.15, -0.1) is 0 Å². The van der Waals surface area contributed by atoms with Crippen molar-refractivity contribution in [2.75, 3.05) is 5.73 Å². The summed E-state index contributed by atoms with van der Waals surface area (Å²) in [5, 5.41) is 4.04. The minimum Gasteiger partial charge on any atom is -0.383 e. The molecule has 0 amide bonds. The zero-order valence-electron chi connectivity index (χ0n) is 18.2. The van der Waals surface area contributed by atoms with Gasteiger partial charge in [-0.1, -0.05) is 0 Å². The highest BCUT2D eigenvalue weighted by molar-refractivity contribution is 9.10. The molecule has 0 aliphatic heterocycles. The molecule has 0 saturated heterocycles. The maximum atomic E-state index is 14.0. The Morgan fingerprint density at radius 3 is 2.44 bits per heavy atom. The van der Waals surface area contributed by atoms with Crippen molar-refractivity contribution in [2.24, 2.45) is 15.9 Å². The van der Waals surface area contributed by atoms with Gasteiger partial charge < -0.3 is 16.1 Å². The molecule has 36 heavy (non-hydrogen) atoms. The summed E-state index contributed by atoms with van der Waals surface area (Å²) >= 11 is 3.46. The smallest absolute Gasteiger partial charge is 0.383 e. The molecule has 0 bridgehead atoms. The molecule has 1 aromatic carbocycles. The first-order valence-corrected chi connectivity index (χ1v) is 10.8. The van der Waals surface area contributed by atoms with Gasteiger partial charge in [0, 0.05) is 29.6 Å². The van der Waals surface area contributed by atoms with Crippen LogP contribution in [0.5, 0.6) is 0 Å². The monoisotopic (exact) mass is 567 g/mol. The molecule has 1 unspecified atom stereocenters. The molecular weight excluding hydrogens is 553 g/mol. The number of hydrogen-bond acceptors (Lipinski definition) is 8. The lowest BCUT2D eigenvalue weighted by molar-refractivity contribution is -0.144. The van der Waals surface area contributed by atoms with Crippen LogP contribution in [0, 0.1) is 11.6 Å². The third-order valence-corrected chi connectivity index (χ3v) is 5.94. The molecule has 9 nitrogen and oxygen atoms in total. The Labute approximate surface area is 207 Å². The number of nitrogens with two attached hydrogens (primary N) is 2. The molecule has 4 aromatic rings. The molecule has 0 saturated carbocycles. The Balaban J connectivity index is 1.82. The van der Waals surface area contributed by atoms with Crippen LogP contribution in [-0.2, 0) is 6.18 Å². The maximum absolute atomic E-state index is 14.0. The molecule has 4 rings (SSSR count). The summed E-state index contributed by atoms with van der Waals surface area (Å²) in [6.07, 6.45) is -0.288. The highest BCUT2D eigenvalue weighted by Crippen LogP contribution is 2.41. The number of benzene rings is 1. The van der Waals surface area contributed by atoms with E-state index in [9.17, 15) is 22.0 Å². The number of fused-ring (bicyclic) bond motifs is 1. The Bertz CT molecular complexity index is 1500. The molecule has 4 N–H and O–H groups in total. The summed E-state index contributed by atoms with van der Waals surface area (Å²) in [5.41, 5.74) is 6.94. The van der Waals surface area contributed by atoms with Crippen molar-refractivity contribution in [2.45, 2.75) is 19.1 Å². The van der Waals surface area contributed by atoms with Crippen LogP contribution in [-0.4, -0.2) is 36.4 Å². The number of anilines is 1. The van der Waals surface area contributed by atoms with Gasteiger partial charge in [-0.25, -0.2) is 28.7 Å². The summed E-state index contributed by atoms with van der Waals surface area (Å²) in [5.74, 6) is 2.68. The number of aromatic nitrogens is 5. The van der Waals surface area contributed by atoms with Crippen molar-refractivity contribution in [3.8, 4) is 11.1 Å². The number of alkyl halides is 3. The van der Waals surface area contributed by atoms with E-state index in [1.165, 1.54) is 12.5 Å². The summed E-state index contributed by atoms with van der Waals surface area (Å²) in [6, 6.07) is 2.19. The van der Waals surface area contributed by atoms with Crippen LogP contribution in [0.3, 0.4) is 0 Å². The molecule has 3 heterocycles. The van der Waals surface area contributed by atoms with Crippen molar-refractivity contribution in [1.82, 2.24) is 24.5 Å². The fraction of sp³-hybridized carbons (Fsp3) is 0.143.